The Kier molecular flexibility index (Phi) is 13.0. The molecule has 0 aliphatic heterocycles. The fraction of sp³-hybridized carbons (Fsp3) is 0.500. The zero-order chi connectivity index (χ0) is 34.3. The van der Waals surface area contributed by atoms with E-state index >= 15 is 0 Å². The van der Waals surface area contributed by atoms with Crippen molar-refractivity contribution in [3.8, 4) is 0 Å². The fourth-order valence-corrected chi connectivity index (χ4v) is 6.43. The molecule has 0 radical (unpaired) electrons. The summed E-state index contributed by atoms with van der Waals surface area (Å²) in [4.78, 5) is 42.3. The Hall–Kier alpha value is -3.15. The summed E-state index contributed by atoms with van der Waals surface area (Å²) < 4.78 is 27.8. The smallest absolute Gasteiger partial charge is 0.264 e. The van der Waals surface area contributed by atoms with Crippen LogP contribution in [0.15, 0.2) is 71.1 Å². The van der Waals surface area contributed by atoms with Crippen molar-refractivity contribution < 1.29 is 22.8 Å². The van der Waals surface area contributed by atoms with Crippen molar-refractivity contribution in [1.29, 1.82) is 0 Å². The second-order valence-electron chi connectivity index (χ2n) is 13.4. The van der Waals surface area contributed by atoms with Gasteiger partial charge >= 0.3 is 0 Å². The summed E-state index contributed by atoms with van der Waals surface area (Å²) >= 11 is 4.18. The number of amides is 3. The van der Waals surface area contributed by atoms with Crippen LogP contribution in [0.2, 0.25) is 0 Å². The summed E-state index contributed by atoms with van der Waals surface area (Å²) in [6.07, 6.45) is 1.59. The second kappa shape index (κ2) is 15.4. The Morgan fingerprint density at radius 3 is 1.96 bits per heavy atom. The van der Waals surface area contributed by atoms with E-state index in [2.05, 4.69) is 28.0 Å². The van der Waals surface area contributed by atoms with Gasteiger partial charge in [0, 0.05) is 23.8 Å². The first-order valence-electron chi connectivity index (χ1n) is 15.0. The van der Waals surface area contributed by atoms with Gasteiger partial charge in [-0.3, -0.25) is 14.4 Å². The molecule has 3 amide bonds. The molecule has 0 bridgehead atoms. The van der Waals surface area contributed by atoms with Gasteiger partial charge in [0.05, 0.1) is 17.0 Å². The first-order valence-corrected chi connectivity index (χ1v) is 17.1. The molecule has 0 spiro atoms. The third-order valence-corrected chi connectivity index (χ3v) is 9.80. The van der Waals surface area contributed by atoms with E-state index in [1.54, 1.807) is 32.3 Å². The number of nitrogens with one attached hydrogen (secondary N) is 3. The summed E-state index contributed by atoms with van der Waals surface area (Å²) in [7, 11) is -0.761. The highest BCUT2D eigenvalue weighted by Crippen LogP contribution is 2.29. The van der Waals surface area contributed by atoms with Crippen molar-refractivity contribution in [1.82, 2.24) is 20.3 Å². The van der Waals surface area contributed by atoms with Gasteiger partial charge < -0.3 is 15.5 Å². The number of thiol groups is 1. The van der Waals surface area contributed by atoms with Crippen LogP contribution in [0.4, 0.5) is 0 Å². The first-order chi connectivity index (χ1) is 20.8. The predicted octanol–water partition coefficient (Wildman–Crippen LogP) is 4.45. The molecule has 9 nitrogen and oxygen atoms in total. The number of rotatable bonds is 13. The SMILES string of the molecule is CNC(C(=O)NC(C(=O)N(C)C(/C=C(\C)C(=O)NS(=O)(=O)c1ccc(CS)cc1)C(C)C)C(C)(C)C)C(C)(C)c1ccccc1. The summed E-state index contributed by atoms with van der Waals surface area (Å²) in [6, 6.07) is 13.7. The number of nitrogens with zero attached hydrogens (tertiary/aromatic N) is 1. The van der Waals surface area contributed by atoms with E-state index in [4.69, 9.17) is 0 Å². The van der Waals surface area contributed by atoms with Crippen molar-refractivity contribution in [2.45, 2.75) is 89.6 Å². The highest BCUT2D eigenvalue weighted by Gasteiger charge is 2.41. The maximum Gasteiger partial charge on any atom is 0.264 e. The van der Waals surface area contributed by atoms with Crippen LogP contribution in [0, 0.1) is 11.3 Å². The summed E-state index contributed by atoms with van der Waals surface area (Å²) in [6.45, 7) is 14.9. The molecule has 0 aliphatic carbocycles. The zero-order valence-corrected chi connectivity index (χ0v) is 29.8. The standard InChI is InChI=1S/C34H50N4O5S2/c1-22(2)27(20-23(3)30(39)37-45(42,43)26-18-16-24(21-44)17-19-26)38(10)32(41)29(33(4,5)6)36-31(40)28(35-9)34(7,8)25-14-12-11-13-15-25/h11-20,22,27-29,35,44H,21H2,1-10H3,(H,36,40)(H,37,39)/b23-20+. The number of hydrogen-bond donors (Lipinski definition) is 4. The van der Waals surface area contributed by atoms with Gasteiger partial charge in [-0.25, -0.2) is 13.1 Å². The van der Waals surface area contributed by atoms with E-state index in [1.807, 2.05) is 78.8 Å². The highest BCUT2D eigenvalue weighted by atomic mass is 32.2. The minimum Gasteiger partial charge on any atom is -0.342 e. The molecular weight excluding hydrogens is 609 g/mol. The van der Waals surface area contributed by atoms with Gasteiger partial charge in [0.15, 0.2) is 0 Å². The van der Waals surface area contributed by atoms with Crippen molar-refractivity contribution >= 4 is 40.4 Å². The van der Waals surface area contributed by atoms with Crippen LogP contribution < -0.4 is 15.4 Å². The van der Waals surface area contributed by atoms with Gasteiger partial charge in [-0.05, 0) is 48.6 Å². The van der Waals surface area contributed by atoms with Crippen LogP contribution in [0.1, 0.15) is 66.5 Å². The number of sulfonamides is 1. The average Bonchev–Trinajstić information content (AvgIpc) is 2.97. The molecule has 45 heavy (non-hydrogen) atoms. The Balaban J connectivity index is 2.32. The molecule has 0 saturated heterocycles. The van der Waals surface area contributed by atoms with Crippen LogP contribution in [0.5, 0.6) is 0 Å². The Labute approximate surface area is 275 Å². The Morgan fingerprint density at radius 2 is 1.49 bits per heavy atom. The lowest BCUT2D eigenvalue weighted by molar-refractivity contribution is -0.140. The largest absolute Gasteiger partial charge is 0.342 e. The van der Waals surface area contributed by atoms with Crippen molar-refractivity contribution in [3.05, 3.63) is 77.4 Å². The molecule has 3 atom stereocenters. The number of likely N-dealkylation sites (N-methyl/N-ethyl adjacent to an activating group) is 2. The quantitative estimate of drug-likeness (QED) is 0.186. The summed E-state index contributed by atoms with van der Waals surface area (Å²) in [5.41, 5.74) is 0.731. The van der Waals surface area contributed by atoms with Crippen LogP contribution in [0.3, 0.4) is 0 Å². The van der Waals surface area contributed by atoms with Gasteiger partial charge in [0.2, 0.25) is 11.8 Å². The molecule has 0 heterocycles. The molecule has 0 aliphatic rings. The van der Waals surface area contributed by atoms with E-state index in [0.717, 1.165) is 11.1 Å². The minimum atomic E-state index is -4.11. The number of benzene rings is 2. The molecule has 248 valence electrons. The summed E-state index contributed by atoms with van der Waals surface area (Å²) in [5, 5.41) is 6.15. The van der Waals surface area contributed by atoms with Gasteiger partial charge in [-0.15, -0.1) is 0 Å². The van der Waals surface area contributed by atoms with Crippen molar-refractivity contribution in [2.75, 3.05) is 14.1 Å². The lowest BCUT2D eigenvalue weighted by Gasteiger charge is -2.40. The van der Waals surface area contributed by atoms with E-state index in [9.17, 15) is 22.8 Å². The van der Waals surface area contributed by atoms with Crippen molar-refractivity contribution in [3.63, 3.8) is 0 Å². The zero-order valence-electron chi connectivity index (χ0n) is 28.1. The van der Waals surface area contributed by atoms with Crippen LogP contribution in [0.25, 0.3) is 0 Å². The normalized spacial score (nSPS) is 14.8. The number of carbonyl (C=O) groups excluding carboxylic acids is 3. The maximum absolute atomic E-state index is 14.1. The Bertz CT molecular complexity index is 1460. The lowest BCUT2D eigenvalue weighted by Crippen LogP contribution is -2.61. The lowest BCUT2D eigenvalue weighted by atomic mass is 9.76. The van der Waals surface area contributed by atoms with E-state index in [-0.39, 0.29) is 28.2 Å². The maximum atomic E-state index is 14.1. The minimum absolute atomic E-state index is 0.0408. The molecule has 2 aromatic rings. The van der Waals surface area contributed by atoms with E-state index in [1.165, 1.54) is 24.0 Å². The van der Waals surface area contributed by atoms with Crippen LogP contribution >= 0.6 is 12.6 Å². The van der Waals surface area contributed by atoms with Crippen LogP contribution in [-0.2, 0) is 35.6 Å². The summed E-state index contributed by atoms with van der Waals surface area (Å²) in [5.74, 6) is -1.11. The highest BCUT2D eigenvalue weighted by molar-refractivity contribution is 7.90. The van der Waals surface area contributed by atoms with Gasteiger partial charge in [0.25, 0.3) is 15.9 Å². The molecule has 2 rings (SSSR count). The molecular formula is C34H50N4O5S2. The van der Waals surface area contributed by atoms with Crippen LogP contribution in [-0.4, -0.2) is 63.3 Å². The molecule has 11 heteroatoms. The van der Waals surface area contributed by atoms with Gasteiger partial charge in [0.1, 0.15) is 6.04 Å². The average molecular weight is 659 g/mol. The van der Waals surface area contributed by atoms with E-state index in [0.29, 0.717) is 5.75 Å². The van der Waals surface area contributed by atoms with Gasteiger partial charge in [-0.1, -0.05) is 97.0 Å². The molecule has 0 aromatic heterocycles. The number of hydrogen-bond acceptors (Lipinski definition) is 7. The Morgan fingerprint density at radius 1 is 0.933 bits per heavy atom. The predicted molar refractivity (Wildman–Crippen MR) is 183 cm³/mol. The third-order valence-electron chi connectivity index (χ3n) is 8.09. The number of carbonyl (C=O) groups is 3. The van der Waals surface area contributed by atoms with Gasteiger partial charge in [-0.2, -0.15) is 12.6 Å². The molecule has 0 fully saturated rings. The topological polar surface area (TPSA) is 125 Å². The first kappa shape index (κ1) is 38.0. The molecule has 2 aromatic carbocycles. The second-order valence-corrected chi connectivity index (χ2v) is 15.4. The molecule has 0 saturated carbocycles. The van der Waals surface area contributed by atoms with E-state index < -0.39 is 44.9 Å². The van der Waals surface area contributed by atoms with Crippen molar-refractivity contribution in [2.24, 2.45) is 11.3 Å². The monoisotopic (exact) mass is 658 g/mol. The fourth-order valence-electron chi connectivity index (χ4n) is 5.20. The molecule has 3 unspecified atom stereocenters. The third kappa shape index (κ3) is 9.67. The molecule has 3 N–H and O–H groups in total.